The number of sulfonamides is 1. The molecule has 0 aromatic carbocycles. The predicted molar refractivity (Wildman–Crippen MR) is 82.4 cm³/mol. The third-order valence-electron chi connectivity index (χ3n) is 3.23. The van der Waals surface area contributed by atoms with E-state index in [4.69, 9.17) is 9.84 Å². The van der Waals surface area contributed by atoms with E-state index in [-0.39, 0.29) is 15.9 Å². The predicted octanol–water partition coefficient (Wildman–Crippen LogP) is 2.40. The summed E-state index contributed by atoms with van der Waals surface area (Å²) in [6.07, 6.45) is 1.47. The van der Waals surface area contributed by atoms with E-state index in [0.717, 1.165) is 24.2 Å². The van der Waals surface area contributed by atoms with Gasteiger partial charge in [-0.15, -0.1) is 11.3 Å². The zero-order valence-electron chi connectivity index (χ0n) is 11.4. The number of rotatable bonds is 5. The van der Waals surface area contributed by atoms with Crippen LogP contribution in [-0.4, -0.2) is 49.6 Å². The van der Waals surface area contributed by atoms with Crippen molar-refractivity contribution in [2.24, 2.45) is 0 Å². The van der Waals surface area contributed by atoms with E-state index in [9.17, 15) is 13.2 Å². The van der Waals surface area contributed by atoms with Crippen LogP contribution in [-0.2, 0) is 14.8 Å². The fraction of sp³-hybridized carbons (Fsp3) is 0.583. The minimum atomic E-state index is -3.70. The zero-order chi connectivity index (χ0) is 15.6. The van der Waals surface area contributed by atoms with Gasteiger partial charge < -0.3 is 9.84 Å². The molecule has 1 unspecified atom stereocenters. The molecular weight excluding hydrogens is 382 g/mol. The average molecular weight is 398 g/mol. The van der Waals surface area contributed by atoms with Gasteiger partial charge in [0.15, 0.2) is 0 Å². The Morgan fingerprint density at radius 2 is 2.33 bits per heavy atom. The number of halogens is 1. The number of thiophene rings is 1. The molecule has 2 rings (SSSR count). The van der Waals surface area contributed by atoms with Gasteiger partial charge in [0.1, 0.15) is 9.77 Å². The van der Waals surface area contributed by atoms with Crippen LogP contribution in [0.1, 0.15) is 29.4 Å². The molecule has 1 saturated heterocycles. The maximum Gasteiger partial charge on any atom is 0.345 e. The normalized spacial score (nSPS) is 20.6. The van der Waals surface area contributed by atoms with Crippen molar-refractivity contribution in [1.29, 1.82) is 0 Å². The van der Waals surface area contributed by atoms with Crippen LogP contribution in [0, 0.1) is 0 Å². The third-order valence-corrected chi connectivity index (χ3v) is 7.33. The Balaban J connectivity index is 2.27. The van der Waals surface area contributed by atoms with Crippen molar-refractivity contribution in [3.05, 3.63) is 14.7 Å². The van der Waals surface area contributed by atoms with Gasteiger partial charge in [0, 0.05) is 19.7 Å². The summed E-state index contributed by atoms with van der Waals surface area (Å²) in [5, 5.41) is 8.97. The van der Waals surface area contributed by atoms with Crippen molar-refractivity contribution < 1.29 is 23.1 Å². The second kappa shape index (κ2) is 6.74. The lowest BCUT2D eigenvalue weighted by Gasteiger charge is -2.31. The highest BCUT2D eigenvalue weighted by Gasteiger charge is 2.33. The number of carbonyl (C=O) groups is 1. The maximum atomic E-state index is 12.6. The first-order chi connectivity index (χ1) is 9.86. The second-order valence-electron chi connectivity index (χ2n) is 4.64. The van der Waals surface area contributed by atoms with Crippen LogP contribution in [0.25, 0.3) is 0 Å². The molecule has 1 atom stereocenters. The summed E-state index contributed by atoms with van der Waals surface area (Å²) in [6, 6.07) is 1.21. The van der Waals surface area contributed by atoms with Crippen molar-refractivity contribution in [2.75, 3.05) is 19.7 Å². The molecule has 21 heavy (non-hydrogen) atoms. The molecule has 6 nitrogen and oxygen atoms in total. The summed E-state index contributed by atoms with van der Waals surface area (Å²) in [5.74, 6) is -1.13. The molecule has 1 aliphatic heterocycles. The van der Waals surface area contributed by atoms with Crippen LogP contribution in [0.2, 0.25) is 0 Å². The Morgan fingerprint density at radius 1 is 1.62 bits per heavy atom. The Bertz CT molecular complexity index is 626. The molecule has 0 aliphatic carbocycles. The van der Waals surface area contributed by atoms with Crippen LogP contribution in [0.4, 0.5) is 0 Å². The van der Waals surface area contributed by atoms with Crippen molar-refractivity contribution >= 4 is 43.3 Å². The number of aromatic carboxylic acids is 1. The molecule has 1 aliphatic rings. The molecule has 0 amide bonds. The number of nitrogens with zero attached hydrogens (tertiary/aromatic N) is 1. The summed E-state index contributed by atoms with van der Waals surface area (Å²) in [6.45, 7) is 3.16. The highest BCUT2D eigenvalue weighted by molar-refractivity contribution is 9.11. The summed E-state index contributed by atoms with van der Waals surface area (Å²) in [4.78, 5) is 11.0. The highest BCUT2D eigenvalue weighted by atomic mass is 79.9. The molecule has 0 saturated carbocycles. The molecule has 9 heteroatoms. The van der Waals surface area contributed by atoms with Crippen LogP contribution < -0.4 is 0 Å². The van der Waals surface area contributed by atoms with E-state index in [1.54, 1.807) is 0 Å². The molecule has 1 fully saturated rings. The minimum Gasteiger partial charge on any atom is -0.477 e. The smallest absolute Gasteiger partial charge is 0.345 e. The lowest BCUT2D eigenvalue weighted by Crippen LogP contribution is -2.43. The molecular formula is C12H16BrNO5S2. The standard InChI is InChI=1S/C12H16BrNO5S2/c1-2-19-8-4-3-5-14(7-8)21(17,18)10-6-9(12(15)16)20-11(10)13/h6,8H,2-5,7H2,1H3,(H,15,16). The molecule has 1 aromatic heterocycles. The van der Waals surface area contributed by atoms with E-state index >= 15 is 0 Å². The highest BCUT2D eigenvalue weighted by Crippen LogP contribution is 2.34. The lowest BCUT2D eigenvalue weighted by atomic mass is 10.1. The van der Waals surface area contributed by atoms with E-state index in [1.165, 1.54) is 10.4 Å². The first-order valence-electron chi connectivity index (χ1n) is 6.50. The number of hydrogen-bond donors (Lipinski definition) is 1. The van der Waals surface area contributed by atoms with Crippen LogP contribution in [0.15, 0.2) is 14.7 Å². The lowest BCUT2D eigenvalue weighted by molar-refractivity contribution is 0.0265. The third kappa shape index (κ3) is 3.65. The first-order valence-corrected chi connectivity index (χ1v) is 9.55. The molecule has 1 N–H and O–H groups in total. The molecule has 0 bridgehead atoms. The first kappa shape index (κ1) is 16.9. The SMILES string of the molecule is CCOC1CCCN(S(=O)(=O)c2cc(C(=O)O)sc2Br)C1. The van der Waals surface area contributed by atoms with E-state index in [2.05, 4.69) is 15.9 Å². The van der Waals surface area contributed by atoms with Crippen LogP contribution in [0.3, 0.4) is 0 Å². The van der Waals surface area contributed by atoms with E-state index in [0.29, 0.717) is 23.5 Å². The number of carboxylic acid groups (broad SMARTS) is 1. The van der Waals surface area contributed by atoms with Gasteiger partial charge in [0.05, 0.1) is 9.89 Å². The Hall–Kier alpha value is -0.480. The van der Waals surface area contributed by atoms with Crippen molar-refractivity contribution in [2.45, 2.75) is 30.8 Å². The van der Waals surface area contributed by atoms with Crippen molar-refractivity contribution in [1.82, 2.24) is 4.31 Å². The monoisotopic (exact) mass is 397 g/mol. The quantitative estimate of drug-likeness (QED) is 0.824. The van der Waals surface area contributed by atoms with Gasteiger partial charge in [0.2, 0.25) is 10.0 Å². The summed E-state index contributed by atoms with van der Waals surface area (Å²) >= 11 is 4.06. The van der Waals surface area contributed by atoms with E-state index < -0.39 is 16.0 Å². The van der Waals surface area contributed by atoms with Gasteiger partial charge in [0.25, 0.3) is 0 Å². The van der Waals surface area contributed by atoms with Gasteiger partial charge >= 0.3 is 5.97 Å². The topological polar surface area (TPSA) is 83.9 Å². The Labute approximate surface area is 135 Å². The molecule has 118 valence electrons. The minimum absolute atomic E-state index is 0.00109. The zero-order valence-corrected chi connectivity index (χ0v) is 14.6. The van der Waals surface area contributed by atoms with Gasteiger partial charge in [-0.1, -0.05) is 0 Å². The number of carboxylic acids is 1. The number of ether oxygens (including phenoxy) is 1. The summed E-state index contributed by atoms with van der Waals surface area (Å²) in [7, 11) is -3.70. The van der Waals surface area contributed by atoms with Crippen LogP contribution in [0.5, 0.6) is 0 Å². The van der Waals surface area contributed by atoms with Crippen molar-refractivity contribution in [3.63, 3.8) is 0 Å². The van der Waals surface area contributed by atoms with Gasteiger partial charge in [-0.05, 0) is 41.8 Å². The summed E-state index contributed by atoms with van der Waals surface area (Å²) < 4.78 is 32.5. The molecule has 0 radical (unpaired) electrons. The Morgan fingerprint density at radius 3 is 2.90 bits per heavy atom. The maximum absolute atomic E-state index is 12.6. The fourth-order valence-electron chi connectivity index (χ4n) is 2.27. The molecule has 1 aromatic rings. The second-order valence-corrected chi connectivity index (χ2v) is 8.91. The molecule has 2 heterocycles. The number of hydrogen-bond acceptors (Lipinski definition) is 5. The molecule has 0 spiro atoms. The largest absolute Gasteiger partial charge is 0.477 e. The van der Waals surface area contributed by atoms with Gasteiger partial charge in [-0.3, -0.25) is 0 Å². The average Bonchev–Trinajstić information content (AvgIpc) is 2.82. The van der Waals surface area contributed by atoms with Gasteiger partial charge in [-0.25, -0.2) is 13.2 Å². The number of piperidine rings is 1. The fourth-order valence-corrected chi connectivity index (χ4v) is 6.13. The van der Waals surface area contributed by atoms with Crippen LogP contribution >= 0.6 is 27.3 Å². The summed E-state index contributed by atoms with van der Waals surface area (Å²) in [5.41, 5.74) is 0. The van der Waals surface area contributed by atoms with E-state index in [1.807, 2.05) is 6.92 Å². The van der Waals surface area contributed by atoms with Gasteiger partial charge in [-0.2, -0.15) is 4.31 Å². The Kier molecular flexibility index (Phi) is 5.42. The van der Waals surface area contributed by atoms with Crippen molar-refractivity contribution in [3.8, 4) is 0 Å².